The standard InChI is InChI=1S/C63H113N11O11/c1-26-31-32-42(16)54(76)53-58(80)66-46(35(6)7)59(81)69(20)34-45(75)70(21)49(38(12)27-2)57(79)67-47(36(8)9)60(82)72(23)50(39(13)28-3)56(78)65-44(18)55(77)64-43(17)33-68(19)51(40(14)29-4)62(84)73(24)52(41(15)30-5)63(85)71(22)48(37(10)11)61(83)74(53)25/h26,31,35-44,46-53H,27-30,32-34H2,1-25H3,(H,64,77)(H,65,78)(H,66,80)(H,67,79)/b31-26+. The van der Waals surface area contributed by atoms with Crippen LogP contribution in [0.1, 0.15) is 157 Å². The molecular formula is C63H113N11O11. The molecule has 1 fully saturated rings. The van der Waals surface area contributed by atoms with Crippen molar-refractivity contribution in [3.63, 3.8) is 0 Å². The Hall–Kier alpha value is -5.93. The highest BCUT2D eigenvalue weighted by Crippen LogP contribution is 2.27. The summed E-state index contributed by atoms with van der Waals surface area (Å²) in [4.78, 5) is 171. The normalized spacial score (nSPS) is 28.0. The van der Waals surface area contributed by atoms with Gasteiger partial charge in [0.1, 0.15) is 42.3 Å². The number of amides is 10. The molecule has 1 heterocycles. The maximum absolute atomic E-state index is 15.2. The van der Waals surface area contributed by atoms with Gasteiger partial charge < -0.3 is 50.7 Å². The maximum atomic E-state index is 15.2. The second kappa shape index (κ2) is 35.0. The van der Waals surface area contributed by atoms with Crippen LogP contribution in [0.3, 0.4) is 0 Å². The second-order valence-corrected chi connectivity index (χ2v) is 25.6. The van der Waals surface area contributed by atoms with E-state index in [1.165, 1.54) is 61.8 Å². The number of likely N-dealkylation sites (N-methyl/N-ethyl adjacent to an activating group) is 7. The average molecular weight is 1200 g/mol. The van der Waals surface area contributed by atoms with E-state index in [1.54, 1.807) is 95.5 Å². The van der Waals surface area contributed by atoms with E-state index in [0.29, 0.717) is 25.7 Å². The molecule has 0 aromatic heterocycles. The quantitative estimate of drug-likeness (QED) is 0.133. The van der Waals surface area contributed by atoms with Crippen LogP contribution in [0.4, 0.5) is 0 Å². The Labute approximate surface area is 510 Å². The summed E-state index contributed by atoms with van der Waals surface area (Å²) < 4.78 is 0. The van der Waals surface area contributed by atoms with Gasteiger partial charge in [-0.3, -0.25) is 57.6 Å². The van der Waals surface area contributed by atoms with Gasteiger partial charge in [-0.05, 0) is 75.7 Å². The van der Waals surface area contributed by atoms with Crippen LogP contribution in [0.25, 0.3) is 0 Å². The minimum absolute atomic E-state index is 0.180. The van der Waals surface area contributed by atoms with Crippen molar-refractivity contribution >= 4 is 64.9 Å². The van der Waals surface area contributed by atoms with E-state index < -0.39 is 167 Å². The van der Waals surface area contributed by atoms with Crippen LogP contribution in [0.2, 0.25) is 0 Å². The van der Waals surface area contributed by atoms with E-state index in [-0.39, 0.29) is 24.8 Å². The molecule has 1 aliphatic heterocycles. The lowest BCUT2D eigenvalue weighted by atomic mass is 9.91. The molecule has 22 nitrogen and oxygen atoms in total. The first-order chi connectivity index (χ1) is 39.4. The predicted molar refractivity (Wildman–Crippen MR) is 332 cm³/mol. The summed E-state index contributed by atoms with van der Waals surface area (Å²) in [7, 11) is 10.4. The number of ketones is 1. The third-order valence-corrected chi connectivity index (χ3v) is 17.6. The monoisotopic (exact) mass is 1200 g/mol. The molecule has 22 heteroatoms. The van der Waals surface area contributed by atoms with Crippen molar-refractivity contribution in [2.24, 2.45) is 47.3 Å². The van der Waals surface area contributed by atoms with Gasteiger partial charge in [0.05, 0.1) is 12.6 Å². The van der Waals surface area contributed by atoms with Crippen LogP contribution in [-0.2, 0) is 52.7 Å². The molecule has 15 atom stereocenters. The Morgan fingerprint density at radius 2 is 0.871 bits per heavy atom. The topological polar surface area (TPSA) is 259 Å². The van der Waals surface area contributed by atoms with Crippen molar-refractivity contribution in [3.05, 3.63) is 12.2 Å². The van der Waals surface area contributed by atoms with E-state index in [1.807, 2.05) is 53.4 Å². The van der Waals surface area contributed by atoms with E-state index in [4.69, 9.17) is 0 Å². The number of Topliss-reactive ketones (excluding diaryl/α,β-unsaturated/α-hetero) is 1. The van der Waals surface area contributed by atoms with Gasteiger partial charge >= 0.3 is 0 Å². The number of nitrogens with zero attached hydrogens (tertiary/aromatic N) is 7. The summed E-state index contributed by atoms with van der Waals surface area (Å²) >= 11 is 0. The number of hydrogen-bond acceptors (Lipinski definition) is 12. The third kappa shape index (κ3) is 20.1. The summed E-state index contributed by atoms with van der Waals surface area (Å²) in [5.41, 5.74) is 0. The fraction of sp³-hybridized carbons (Fsp3) is 0.794. The summed E-state index contributed by atoms with van der Waals surface area (Å²) in [5.74, 6) is -10.9. The van der Waals surface area contributed by atoms with Crippen LogP contribution >= 0.6 is 0 Å². The zero-order valence-electron chi connectivity index (χ0n) is 56.6. The zero-order valence-corrected chi connectivity index (χ0v) is 56.6. The Bertz CT molecular complexity index is 2330. The van der Waals surface area contributed by atoms with Crippen LogP contribution < -0.4 is 21.3 Å². The minimum Gasteiger partial charge on any atom is -0.351 e. The SMILES string of the molecule is C/C=C/CC(C)C(=O)C1C(=O)NC(C(C)C)C(=O)N(C)CC(=O)N(C)C(C(C)CC)C(=O)NC(C(C)C)C(=O)N(C)C(C(C)CC)C(=O)NC(C)C(=O)NC(C)CN(C)C(C(C)CC)C(=O)N(C)C(C(C)CC)C(=O)N(C)C(C(C)C)C(=O)N1C. The summed E-state index contributed by atoms with van der Waals surface area (Å²) in [6.45, 7) is 31.6. The van der Waals surface area contributed by atoms with Crippen molar-refractivity contribution < 1.29 is 52.7 Å². The van der Waals surface area contributed by atoms with Crippen LogP contribution in [0, 0.1) is 47.3 Å². The van der Waals surface area contributed by atoms with Crippen molar-refractivity contribution in [1.29, 1.82) is 0 Å². The molecule has 4 N–H and O–H groups in total. The van der Waals surface area contributed by atoms with E-state index in [9.17, 15) is 38.4 Å². The van der Waals surface area contributed by atoms with Gasteiger partial charge in [0.25, 0.3) is 5.91 Å². The Balaban J connectivity index is 4.35. The zero-order chi connectivity index (χ0) is 66.0. The van der Waals surface area contributed by atoms with Gasteiger partial charge in [0.2, 0.25) is 53.2 Å². The summed E-state index contributed by atoms with van der Waals surface area (Å²) in [6.07, 6.45) is 5.72. The number of rotatable bonds is 15. The molecule has 0 aromatic rings. The van der Waals surface area contributed by atoms with Crippen molar-refractivity contribution in [2.45, 2.75) is 217 Å². The molecule has 0 radical (unpaired) electrons. The number of carbonyl (C=O) groups excluding carboxylic acids is 11. The van der Waals surface area contributed by atoms with Gasteiger partial charge in [-0.2, -0.15) is 0 Å². The molecule has 1 rings (SSSR count). The lowest BCUT2D eigenvalue weighted by Gasteiger charge is -2.42. The molecular weight excluding hydrogens is 1090 g/mol. The molecule has 10 amide bonds. The first-order valence-electron chi connectivity index (χ1n) is 31.0. The molecule has 1 aliphatic rings. The van der Waals surface area contributed by atoms with Crippen LogP contribution in [0.5, 0.6) is 0 Å². The van der Waals surface area contributed by atoms with E-state index in [0.717, 1.165) is 9.80 Å². The Morgan fingerprint density at radius 1 is 0.471 bits per heavy atom. The van der Waals surface area contributed by atoms with Gasteiger partial charge in [0.15, 0.2) is 11.8 Å². The number of hydrogen-bond donors (Lipinski definition) is 4. The highest BCUT2D eigenvalue weighted by atomic mass is 16.2. The van der Waals surface area contributed by atoms with Crippen molar-refractivity contribution in [2.75, 3.05) is 62.4 Å². The largest absolute Gasteiger partial charge is 0.351 e. The highest BCUT2D eigenvalue weighted by Gasteiger charge is 2.47. The fourth-order valence-corrected chi connectivity index (χ4v) is 11.3. The highest BCUT2D eigenvalue weighted by molar-refractivity contribution is 6.10. The van der Waals surface area contributed by atoms with E-state index in [2.05, 4.69) is 21.3 Å². The smallest absolute Gasteiger partial charge is 0.251 e. The Morgan fingerprint density at radius 3 is 1.34 bits per heavy atom. The van der Waals surface area contributed by atoms with Crippen molar-refractivity contribution in [3.8, 4) is 0 Å². The number of carbonyl (C=O) groups is 11. The molecule has 0 bridgehead atoms. The summed E-state index contributed by atoms with van der Waals surface area (Å²) in [5, 5.41) is 11.4. The third-order valence-electron chi connectivity index (χ3n) is 17.6. The molecule has 0 saturated carbocycles. The Kier molecular flexibility index (Phi) is 31.8. The maximum Gasteiger partial charge on any atom is 0.251 e. The predicted octanol–water partition coefficient (Wildman–Crippen LogP) is 4.20. The van der Waals surface area contributed by atoms with Crippen LogP contribution in [0.15, 0.2) is 12.2 Å². The van der Waals surface area contributed by atoms with Gasteiger partial charge in [-0.15, -0.1) is 0 Å². The molecule has 15 unspecified atom stereocenters. The fourth-order valence-electron chi connectivity index (χ4n) is 11.3. The molecule has 1 saturated heterocycles. The lowest BCUT2D eigenvalue weighted by Crippen LogP contribution is -2.63. The lowest BCUT2D eigenvalue weighted by molar-refractivity contribution is -0.157. The van der Waals surface area contributed by atoms with Gasteiger partial charge in [-0.1, -0.05) is 142 Å². The first-order valence-corrected chi connectivity index (χ1v) is 31.0. The molecule has 0 spiro atoms. The average Bonchev–Trinajstić information content (AvgIpc) is 3.55. The summed E-state index contributed by atoms with van der Waals surface area (Å²) in [6, 6.07) is -11.2. The number of allylic oxidation sites excluding steroid dienone is 2. The molecule has 0 aromatic carbocycles. The van der Waals surface area contributed by atoms with E-state index >= 15 is 14.4 Å². The molecule has 85 heavy (non-hydrogen) atoms. The van der Waals surface area contributed by atoms with Gasteiger partial charge in [-0.25, -0.2) is 0 Å². The molecule has 0 aliphatic carbocycles. The van der Waals surface area contributed by atoms with Crippen molar-refractivity contribution in [1.82, 2.24) is 55.6 Å². The first kappa shape index (κ1) is 77.1. The second-order valence-electron chi connectivity index (χ2n) is 25.6. The molecule has 486 valence electrons. The minimum atomic E-state index is -1.78. The number of nitrogens with one attached hydrogen (secondary N) is 4. The van der Waals surface area contributed by atoms with Crippen LogP contribution in [-0.4, -0.2) is 222 Å². The van der Waals surface area contributed by atoms with Gasteiger partial charge in [0, 0.05) is 60.8 Å².